The van der Waals surface area contributed by atoms with Crippen LogP contribution in [0.4, 0.5) is 11.5 Å². The van der Waals surface area contributed by atoms with Gasteiger partial charge in [0.2, 0.25) is 0 Å². The van der Waals surface area contributed by atoms with Crippen molar-refractivity contribution in [1.82, 2.24) is 9.97 Å². The molecule has 1 unspecified atom stereocenters. The molecule has 0 N–H and O–H groups in total. The highest BCUT2D eigenvalue weighted by Crippen LogP contribution is 2.41. The van der Waals surface area contributed by atoms with Gasteiger partial charge in [0.1, 0.15) is 16.5 Å². The highest BCUT2D eigenvalue weighted by atomic mass is 32.1. The number of para-hydroxylation sites is 1. The third kappa shape index (κ3) is 4.10. The number of rotatable bonds is 4. The van der Waals surface area contributed by atoms with Crippen molar-refractivity contribution in [3.05, 3.63) is 82.5 Å². The molecule has 2 aliphatic rings. The van der Waals surface area contributed by atoms with E-state index in [0.29, 0.717) is 0 Å². The Morgan fingerprint density at radius 2 is 1.58 bits per heavy atom. The number of thiophene rings is 1. The number of aromatic nitrogens is 2. The molecule has 0 radical (unpaired) electrons. The Morgan fingerprint density at radius 1 is 0.879 bits per heavy atom. The smallest absolute Gasteiger partial charge is 0.141 e. The molecule has 33 heavy (non-hydrogen) atoms. The molecule has 1 saturated heterocycles. The Kier molecular flexibility index (Phi) is 5.50. The van der Waals surface area contributed by atoms with E-state index in [2.05, 4.69) is 77.4 Å². The lowest BCUT2D eigenvalue weighted by molar-refractivity contribution is 0.509. The lowest BCUT2D eigenvalue weighted by Gasteiger charge is -2.37. The van der Waals surface area contributed by atoms with Gasteiger partial charge in [-0.1, -0.05) is 55.5 Å². The third-order valence-electron chi connectivity index (χ3n) is 7.09. The summed E-state index contributed by atoms with van der Waals surface area (Å²) in [5.41, 5.74) is 4.11. The number of anilines is 2. The number of nitrogens with zero attached hydrogens (tertiary/aromatic N) is 4. The molecule has 6 rings (SSSR count). The van der Waals surface area contributed by atoms with Gasteiger partial charge in [-0.05, 0) is 48.4 Å². The molecule has 1 fully saturated rings. The molecule has 5 heteroatoms. The maximum atomic E-state index is 5.22. The van der Waals surface area contributed by atoms with Gasteiger partial charge in [0.05, 0.1) is 5.39 Å². The second kappa shape index (κ2) is 8.79. The summed E-state index contributed by atoms with van der Waals surface area (Å²) >= 11 is 1.92. The number of hydrogen-bond donors (Lipinski definition) is 0. The maximum Gasteiger partial charge on any atom is 0.141 e. The number of hydrogen-bond acceptors (Lipinski definition) is 5. The fraction of sp³-hybridized carbons (Fsp3) is 0.357. The van der Waals surface area contributed by atoms with Crippen LogP contribution in [0.1, 0.15) is 35.2 Å². The van der Waals surface area contributed by atoms with Crippen molar-refractivity contribution >= 4 is 33.1 Å². The predicted octanol–water partition coefficient (Wildman–Crippen LogP) is 5.73. The molecule has 3 heterocycles. The molecule has 1 aliphatic carbocycles. The molecule has 1 aliphatic heterocycles. The lowest BCUT2D eigenvalue weighted by Crippen LogP contribution is -2.47. The van der Waals surface area contributed by atoms with E-state index in [4.69, 9.17) is 9.97 Å². The van der Waals surface area contributed by atoms with E-state index >= 15 is 0 Å². The van der Waals surface area contributed by atoms with E-state index in [1.54, 1.807) is 4.88 Å². The summed E-state index contributed by atoms with van der Waals surface area (Å²) in [5, 5.41) is 1.34. The van der Waals surface area contributed by atoms with E-state index in [-0.39, 0.29) is 0 Å². The zero-order valence-corrected chi connectivity index (χ0v) is 20.0. The predicted molar refractivity (Wildman–Crippen MR) is 139 cm³/mol. The average Bonchev–Trinajstić information content (AvgIpc) is 3.22. The number of fused-ring (bicyclic) bond motifs is 3. The second-order valence-electron chi connectivity index (χ2n) is 9.47. The van der Waals surface area contributed by atoms with Crippen LogP contribution in [0.15, 0.2) is 60.7 Å². The topological polar surface area (TPSA) is 32.3 Å². The summed E-state index contributed by atoms with van der Waals surface area (Å²) < 4.78 is 0. The van der Waals surface area contributed by atoms with Crippen molar-refractivity contribution < 1.29 is 0 Å². The van der Waals surface area contributed by atoms with E-state index < -0.39 is 0 Å². The van der Waals surface area contributed by atoms with Crippen LogP contribution in [-0.4, -0.2) is 36.1 Å². The molecule has 2 aromatic carbocycles. The average molecular weight is 455 g/mol. The van der Waals surface area contributed by atoms with Crippen LogP contribution in [-0.2, 0) is 19.3 Å². The van der Waals surface area contributed by atoms with Gasteiger partial charge in [0, 0.05) is 43.2 Å². The van der Waals surface area contributed by atoms with Crippen LogP contribution in [0.2, 0.25) is 0 Å². The van der Waals surface area contributed by atoms with E-state index in [1.165, 1.54) is 45.7 Å². The summed E-state index contributed by atoms with van der Waals surface area (Å²) in [6.45, 7) is 6.41. The monoisotopic (exact) mass is 454 g/mol. The van der Waals surface area contributed by atoms with Crippen LogP contribution >= 0.6 is 11.3 Å². The van der Waals surface area contributed by atoms with Crippen molar-refractivity contribution in [1.29, 1.82) is 0 Å². The van der Waals surface area contributed by atoms with Crippen molar-refractivity contribution in [3.8, 4) is 0 Å². The molecule has 0 spiro atoms. The fourth-order valence-corrected chi connectivity index (χ4v) is 6.66. The van der Waals surface area contributed by atoms with Gasteiger partial charge in [0.25, 0.3) is 0 Å². The molecular weight excluding hydrogens is 424 g/mol. The van der Waals surface area contributed by atoms with Gasteiger partial charge in [-0.25, -0.2) is 9.97 Å². The van der Waals surface area contributed by atoms with Crippen molar-refractivity contribution in [2.45, 2.75) is 32.6 Å². The first kappa shape index (κ1) is 20.7. The molecule has 2 aromatic heterocycles. The van der Waals surface area contributed by atoms with Gasteiger partial charge >= 0.3 is 0 Å². The molecule has 0 amide bonds. The first-order chi connectivity index (χ1) is 16.2. The summed E-state index contributed by atoms with van der Waals surface area (Å²) in [6.07, 6.45) is 4.40. The molecule has 0 bridgehead atoms. The zero-order valence-electron chi connectivity index (χ0n) is 19.2. The van der Waals surface area contributed by atoms with Crippen LogP contribution in [0.5, 0.6) is 0 Å². The van der Waals surface area contributed by atoms with Gasteiger partial charge in [-0.15, -0.1) is 11.3 Å². The van der Waals surface area contributed by atoms with Gasteiger partial charge in [-0.2, -0.15) is 0 Å². The van der Waals surface area contributed by atoms with Gasteiger partial charge in [0.15, 0.2) is 0 Å². The lowest BCUT2D eigenvalue weighted by atomic mass is 9.89. The van der Waals surface area contributed by atoms with Gasteiger partial charge in [-0.3, -0.25) is 0 Å². The molecular formula is C28H30N4S. The molecule has 168 valence electrons. The summed E-state index contributed by atoms with van der Waals surface area (Å²) in [6, 6.07) is 21.4. The second-order valence-corrected chi connectivity index (χ2v) is 10.6. The Bertz CT molecular complexity index is 1240. The largest absolute Gasteiger partial charge is 0.368 e. The Balaban J connectivity index is 1.36. The minimum atomic E-state index is 0.764. The van der Waals surface area contributed by atoms with Gasteiger partial charge < -0.3 is 9.80 Å². The zero-order chi connectivity index (χ0) is 22.2. The minimum Gasteiger partial charge on any atom is -0.368 e. The van der Waals surface area contributed by atoms with Crippen LogP contribution < -0.4 is 9.80 Å². The highest BCUT2D eigenvalue weighted by Gasteiger charge is 2.27. The Morgan fingerprint density at radius 3 is 2.33 bits per heavy atom. The Labute approximate surface area is 199 Å². The maximum absolute atomic E-state index is 5.22. The molecule has 1 atom stereocenters. The first-order valence-corrected chi connectivity index (χ1v) is 13.0. The third-order valence-corrected chi connectivity index (χ3v) is 8.24. The number of benzene rings is 2. The summed E-state index contributed by atoms with van der Waals surface area (Å²) in [7, 11) is 0. The minimum absolute atomic E-state index is 0.764. The fourth-order valence-electron chi connectivity index (χ4n) is 5.27. The van der Waals surface area contributed by atoms with E-state index in [0.717, 1.165) is 50.8 Å². The molecule has 0 saturated carbocycles. The molecule has 4 nitrogen and oxygen atoms in total. The van der Waals surface area contributed by atoms with Crippen LogP contribution in [0.3, 0.4) is 0 Å². The normalized spacial score (nSPS) is 18.5. The first-order valence-electron chi connectivity index (χ1n) is 12.1. The van der Waals surface area contributed by atoms with Crippen LogP contribution in [0, 0.1) is 5.92 Å². The van der Waals surface area contributed by atoms with Crippen molar-refractivity contribution in [2.24, 2.45) is 5.92 Å². The van der Waals surface area contributed by atoms with E-state index in [1.807, 2.05) is 11.3 Å². The van der Waals surface area contributed by atoms with Crippen molar-refractivity contribution in [2.75, 3.05) is 36.0 Å². The Hall–Kier alpha value is -2.92. The standard InChI is InChI=1S/C28H30N4S/c1-20-12-13-23-24(18-20)33-28-26(23)27(29-25(30-28)19-21-8-4-2-5-9-21)32-16-14-31(15-17-32)22-10-6-3-7-11-22/h2-11,20H,12-19H2,1H3. The van der Waals surface area contributed by atoms with E-state index in [9.17, 15) is 0 Å². The van der Waals surface area contributed by atoms with Crippen molar-refractivity contribution in [3.63, 3.8) is 0 Å². The quantitative estimate of drug-likeness (QED) is 0.394. The van der Waals surface area contributed by atoms with Crippen LogP contribution in [0.25, 0.3) is 10.2 Å². The SMILES string of the molecule is CC1CCc2c(sc3nc(Cc4ccccc4)nc(N4CCN(c5ccccc5)CC4)c23)C1. The summed E-state index contributed by atoms with van der Waals surface area (Å²) in [5.74, 6) is 2.88. The number of aryl methyl sites for hydroxylation is 1. The molecule has 4 aromatic rings. The summed E-state index contributed by atoms with van der Waals surface area (Å²) in [4.78, 5) is 18.0. The number of piperazine rings is 1. The highest BCUT2D eigenvalue weighted by molar-refractivity contribution is 7.19.